The first-order valence-electron chi connectivity index (χ1n) is 10.3. The van der Waals surface area contributed by atoms with Crippen molar-refractivity contribution in [2.45, 2.75) is 44.1 Å². The smallest absolute Gasteiger partial charge is 0.382 e. The number of hydrogen-bond donors (Lipinski definition) is 1. The van der Waals surface area contributed by atoms with Gasteiger partial charge in [0.2, 0.25) is 0 Å². The van der Waals surface area contributed by atoms with Crippen molar-refractivity contribution in [3.8, 4) is 0 Å². The molecule has 0 amide bonds. The highest BCUT2D eigenvalue weighted by molar-refractivity contribution is 5.80. The quantitative estimate of drug-likeness (QED) is 0.596. The summed E-state index contributed by atoms with van der Waals surface area (Å²) in [7, 11) is 0. The molecule has 2 N–H and O–H groups in total. The average molecular weight is 451 g/mol. The van der Waals surface area contributed by atoms with Gasteiger partial charge in [-0.2, -0.15) is 13.2 Å². The van der Waals surface area contributed by atoms with Gasteiger partial charge in [0.15, 0.2) is 17.0 Å². The van der Waals surface area contributed by atoms with E-state index in [2.05, 4.69) is 20.3 Å². The molecule has 2 aromatic heterocycles. The molecule has 1 atom stereocenters. The van der Waals surface area contributed by atoms with Crippen molar-refractivity contribution in [2.75, 3.05) is 25.4 Å². The number of ether oxygens (including phenoxy) is 1. The Bertz CT molecular complexity index is 1140. The second kappa shape index (κ2) is 7.93. The van der Waals surface area contributed by atoms with E-state index in [1.807, 2.05) is 4.90 Å². The minimum Gasteiger partial charge on any atom is -0.382 e. The van der Waals surface area contributed by atoms with Crippen molar-refractivity contribution in [1.29, 1.82) is 0 Å². The summed E-state index contributed by atoms with van der Waals surface area (Å²) in [5, 5.41) is 8.24. The van der Waals surface area contributed by atoms with Crippen molar-refractivity contribution < 1.29 is 22.3 Å². The summed E-state index contributed by atoms with van der Waals surface area (Å²) in [4.78, 5) is 10.9. The van der Waals surface area contributed by atoms with E-state index in [9.17, 15) is 17.6 Å². The number of rotatable bonds is 5. The van der Waals surface area contributed by atoms with Crippen molar-refractivity contribution in [3.63, 3.8) is 0 Å². The second-order valence-corrected chi connectivity index (χ2v) is 8.22. The molecule has 32 heavy (non-hydrogen) atoms. The van der Waals surface area contributed by atoms with E-state index in [0.717, 1.165) is 25.0 Å². The number of benzene rings is 1. The van der Waals surface area contributed by atoms with Crippen LogP contribution in [0.15, 0.2) is 18.2 Å². The van der Waals surface area contributed by atoms with Gasteiger partial charge in [-0.05, 0) is 30.5 Å². The van der Waals surface area contributed by atoms with E-state index in [1.165, 1.54) is 6.07 Å². The third kappa shape index (κ3) is 4.24. The zero-order chi connectivity index (χ0) is 22.5. The summed E-state index contributed by atoms with van der Waals surface area (Å²) in [6.07, 6.45) is -2.87. The van der Waals surface area contributed by atoms with Gasteiger partial charge >= 0.3 is 6.18 Å². The van der Waals surface area contributed by atoms with Crippen LogP contribution < -0.4 is 5.73 Å². The molecule has 1 aliphatic carbocycles. The summed E-state index contributed by atoms with van der Waals surface area (Å²) < 4.78 is 59.7. The number of aromatic nitrogens is 5. The summed E-state index contributed by atoms with van der Waals surface area (Å²) in [6.45, 7) is 2.21. The topological polar surface area (TPSA) is 95.0 Å². The van der Waals surface area contributed by atoms with Gasteiger partial charge in [-0.1, -0.05) is 11.3 Å². The first kappa shape index (κ1) is 21.0. The SMILES string of the molecule is Nc1nc(C2CC2)nc2c1nnn2CC1CN(Cc2ccc(C(F)(F)F)c(F)c2)CCO1. The van der Waals surface area contributed by atoms with Crippen LogP contribution in [-0.4, -0.2) is 55.7 Å². The number of morpholine rings is 1. The summed E-state index contributed by atoms with van der Waals surface area (Å²) >= 11 is 0. The van der Waals surface area contributed by atoms with Gasteiger partial charge in [-0.15, -0.1) is 5.10 Å². The van der Waals surface area contributed by atoms with Gasteiger partial charge < -0.3 is 10.5 Å². The fourth-order valence-corrected chi connectivity index (χ4v) is 3.91. The van der Waals surface area contributed by atoms with E-state index in [-0.39, 0.29) is 6.10 Å². The normalized spacial score (nSPS) is 20.2. The third-order valence-corrected chi connectivity index (χ3v) is 5.69. The molecule has 0 spiro atoms. The molecule has 1 saturated heterocycles. The number of alkyl halides is 3. The molecule has 5 rings (SSSR count). The van der Waals surface area contributed by atoms with Crippen molar-refractivity contribution in [1.82, 2.24) is 29.9 Å². The molecule has 1 unspecified atom stereocenters. The van der Waals surface area contributed by atoms with Crippen LogP contribution in [0.2, 0.25) is 0 Å². The number of nitrogen functional groups attached to an aromatic ring is 1. The van der Waals surface area contributed by atoms with Gasteiger partial charge in [0.25, 0.3) is 0 Å². The molecule has 1 saturated carbocycles. The van der Waals surface area contributed by atoms with Crippen LogP contribution in [0.25, 0.3) is 11.2 Å². The zero-order valence-electron chi connectivity index (χ0n) is 17.0. The van der Waals surface area contributed by atoms with Crippen molar-refractivity contribution >= 4 is 17.0 Å². The van der Waals surface area contributed by atoms with E-state index in [0.29, 0.717) is 67.1 Å². The molecule has 8 nitrogen and oxygen atoms in total. The highest BCUT2D eigenvalue weighted by atomic mass is 19.4. The monoisotopic (exact) mass is 451 g/mol. The third-order valence-electron chi connectivity index (χ3n) is 5.69. The minimum atomic E-state index is -4.71. The van der Waals surface area contributed by atoms with Crippen LogP contribution >= 0.6 is 0 Å². The maximum absolute atomic E-state index is 13.9. The molecule has 2 fully saturated rings. The summed E-state index contributed by atoms with van der Waals surface area (Å²) in [5.41, 5.74) is 6.24. The summed E-state index contributed by atoms with van der Waals surface area (Å²) in [6, 6.07) is 3.03. The second-order valence-electron chi connectivity index (χ2n) is 8.22. The molecule has 3 heterocycles. The van der Waals surface area contributed by atoms with Gasteiger partial charge in [-0.3, -0.25) is 4.90 Å². The Kier molecular flexibility index (Phi) is 5.20. The molecule has 2 aliphatic rings. The average Bonchev–Trinajstić information content (AvgIpc) is 3.50. The first-order chi connectivity index (χ1) is 15.3. The molecular formula is C20H21F4N7O. The molecule has 0 radical (unpaired) electrons. The minimum absolute atomic E-state index is 0.242. The van der Waals surface area contributed by atoms with Gasteiger partial charge in [0.05, 0.1) is 24.8 Å². The Morgan fingerprint density at radius 1 is 1.19 bits per heavy atom. The van der Waals surface area contributed by atoms with E-state index in [1.54, 1.807) is 4.68 Å². The molecule has 12 heteroatoms. The standard InChI is InChI=1S/C20H21F4N7O/c21-15-7-11(1-4-14(15)20(22,23)24)8-30-5-6-32-13(9-30)10-31-19-16(28-29-31)17(25)26-18(27-19)12-2-3-12/h1,4,7,12-13H,2-3,5-6,8-10H2,(H2,25,26,27). The molecule has 0 bridgehead atoms. The van der Waals surface area contributed by atoms with Crippen LogP contribution in [0.4, 0.5) is 23.4 Å². The maximum atomic E-state index is 13.9. The fraction of sp³-hybridized carbons (Fsp3) is 0.500. The Morgan fingerprint density at radius 3 is 2.72 bits per heavy atom. The van der Waals surface area contributed by atoms with E-state index in [4.69, 9.17) is 10.5 Å². The Morgan fingerprint density at radius 2 is 2.00 bits per heavy atom. The van der Waals surface area contributed by atoms with Gasteiger partial charge in [0.1, 0.15) is 11.6 Å². The number of nitrogens with zero attached hydrogens (tertiary/aromatic N) is 6. The van der Waals surface area contributed by atoms with E-state index >= 15 is 0 Å². The maximum Gasteiger partial charge on any atom is 0.419 e. The van der Waals surface area contributed by atoms with Crippen molar-refractivity contribution in [2.24, 2.45) is 0 Å². The van der Waals surface area contributed by atoms with Gasteiger partial charge in [-0.25, -0.2) is 19.0 Å². The zero-order valence-corrected chi connectivity index (χ0v) is 17.0. The largest absolute Gasteiger partial charge is 0.419 e. The Balaban J connectivity index is 1.28. The fourth-order valence-electron chi connectivity index (χ4n) is 3.91. The lowest BCUT2D eigenvalue weighted by Gasteiger charge is -2.32. The molecule has 170 valence electrons. The van der Waals surface area contributed by atoms with Gasteiger partial charge in [0, 0.05) is 25.6 Å². The predicted molar refractivity (Wildman–Crippen MR) is 106 cm³/mol. The molecule has 1 aromatic carbocycles. The number of nitrogens with two attached hydrogens (primary N) is 1. The molecule has 1 aliphatic heterocycles. The number of hydrogen-bond acceptors (Lipinski definition) is 7. The number of anilines is 1. The summed E-state index contributed by atoms with van der Waals surface area (Å²) in [5.74, 6) is 0.0703. The number of fused-ring (bicyclic) bond motifs is 1. The highest BCUT2D eigenvalue weighted by Crippen LogP contribution is 2.39. The number of halogens is 4. The lowest BCUT2D eigenvalue weighted by molar-refractivity contribution is -0.140. The van der Waals surface area contributed by atoms with Crippen LogP contribution in [0.1, 0.15) is 35.7 Å². The molecular weight excluding hydrogens is 430 g/mol. The van der Waals surface area contributed by atoms with Crippen LogP contribution in [0, 0.1) is 5.82 Å². The predicted octanol–water partition coefficient (Wildman–Crippen LogP) is 2.74. The molecule has 3 aromatic rings. The van der Waals surface area contributed by atoms with Crippen LogP contribution in [-0.2, 0) is 24.0 Å². The van der Waals surface area contributed by atoms with Crippen LogP contribution in [0.5, 0.6) is 0 Å². The van der Waals surface area contributed by atoms with E-state index < -0.39 is 17.6 Å². The Hall–Kier alpha value is -2.86. The first-order valence-corrected chi connectivity index (χ1v) is 10.3. The highest BCUT2D eigenvalue weighted by Gasteiger charge is 2.34. The Labute approximate surface area is 180 Å². The van der Waals surface area contributed by atoms with Crippen LogP contribution in [0.3, 0.4) is 0 Å². The lowest BCUT2D eigenvalue weighted by atomic mass is 10.1. The van der Waals surface area contributed by atoms with Crippen molar-refractivity contribution in [3.05, 3.63) is 41.0 Å². The lowest BCUT2D eigenvalue weighted by Crippen LogP contribution is -2.43.